The molecule has 19 heavy (non-hydrogen) atoms. The third-order valence-corrected chi connectivity index (χ3v) is 3.49. The second-order valence-electron chi connectivity index (χ2n) is 4.83. The van der Waals surface area contributed by atoms with E-state index in [-0.39, 0.29) is 6.04 Å². The number of hydrogen-bond acceptors (Lipinski definition) is 3. The van der Waals surface area contributed by atoms with Gasteiger partial charge in [-0.15, -0.1) is 6.58 Å². The minimum atomic E-state index is 0.160. The number of furan rings is 1. The first-order chi connectivity index (χ1) is 9.36. The highest BCUT2D eigenvalue weighted by molar-refractivity contribution is 5.81. The number of hydrogen-bond donors (Lipinski definition) is 2. The van der Waals surface area contributed by atoms with Crippen LogP contribution in [0.5, 0.6) is 0 Å². The molecule has 0 saturated heterocycles. The van der Waals surface area contributed by atoms with Crippen LogP contribution in [0.15, 0.2) is 47.6 Å². The van der Waals surface area contributed by atoms with Crippen molar-refractivity contribution in [3.63, 3.8) is 0 Å². The lowest BCUT2D eigenvalue weighted by Crippen LogP contribution is -2.27. The van der Waals surface area contributed by atoms with Gasteiger partial charge in [0, 0.05) is 17.0 Å². The number of hydrazine groups is 1. The van der Waals surface area contributed by atoms with E-state index in [4.69, 9.17) is 10.3 Å². The molecule has 1 atom stereocenters. The Morgan fingerprint density at radius 3 is 2.89 bits per heavy atom. The van der Waals surface area contributed by atoms with Gasteiger partial charge in [0.2, 0.25) is 0 Å². The Morgan fingerprint density at radius 2 is 2.11 bits per heavy atom. The number of nitrogens with one attached hydrogen (secondary N) is 1. The fourth-order valence-electron chi connectivity index (χ4n) is 2.41. The van der Waals surface area contributed by atoms with Gasteiger partial charge in [0.25, 0.3) is 0 Å². The van der Waals surface area contributed by atoms with Crippen LogP contribution in [0.4, 0.5) is 0 Å². The summed E-state index contributed by atoms with van der Waals surface area (Å²) in [6, 6.07) is 8.23. The van der Waals surface area contributed by atoms with Crippen LogP contribution >= 0.6 is 0 Å². The van der Waals surface area contributed by atoms with Crippen LogP contribution in [0.1, 0.15) is 43.7 Å². The fourth-order valence-corrected chi connectivity index (χ4v) is 2.41. The highest BCUT2D eigenvalue weighted by Gasteiger charge is 2.15. The Labute approximate surface area is 114 Å². The van der Waals surface area contributed by atoms with E-state index < -0.39 is 0 Å². The Hall–Kier alpha value is -1.58. The summed E-state index contributed by atoms with van der Waals surface area (Å²) in [4.78, 5) is 0. The zero-order valence-corrected chi connectivity index (χ0v) is 11.3. The minimum Gasteiger partial charge on any atom is -0.464 e. The fraction of sp³-hybridized carbons (Fsp3) is 0.375. The SMILES string of the molecule is C=CCCCCCC(NN)c1coc2ccccc12. The van der Waals surface area contributed by atoms with Gasteiger partial charge in [-0.2, -0.15) is 0 Å². The lowest BCUT2D eigenvalue weighted by atomic mass is 10.00. The average Bonchev–Trinajstić information content (AvgIpc) is 2.87. The maximum Gasteiger partial charge on any atom is 0.134 e. The van der Waals surface area contributed by atoms with Gasteiger partial charge in [-0.05, 0) is 25.3 Å². The van der Waals surface area contributed by atoms with Crippen LogP contribution in [0.2, 0.25) is 0 Å². The van der Waals surface area contributed by atoms with Gasteiger partial charge in [0.15, 0.2) is 0 Å². The van der Waals surface area contributed by atoms with Gasteiger partial charge in [-0.3, -0.25) is 11.3 Å². The first kappa shape index (κ1) is 13.8. The van der Waals surface area contributed by atoms with Crippen molar-refractivity contribution < 1.29 is 4.42 Å². The van der Waals surface area contributed by atoms with Gasteiger partial charge in [0.1, 0.15) is 5.58 Å². The Bertz CT molecular complexity index is 518. The normalized spacial score (nSPS) is 12.7. The summed E-state index contributed by atoms with van der Waals surface area (Å²) in [5.74, 6) is 5.69. The standard InChI is InChI=1S/C16H22N2O/c1-2-3-4-5-6-10-15(18-17)14-12-19-16-11-8-7-9-13(14)16/h2,7-9,11-12,15,18H,1,3-6,10,17H2. The lowest BCUT2D eigenvalue weighted by molar-refractivity contribution is 0.479. The molecular formula is C16H22N2O. The molecule has 0 fully saturated rings. The summed E-state index contributed by atoms with van der Waals surface area (Å²) in [5, 5.41) is 1.15. The summed E-state index contributed by atoms with van der Waals surface area (Å²) in [5.41, 5.74) is 4.98. The molecule has 1 unspecified atom stereocenters. The molecule has 3 nitrogen and oxygen atoms in total. The van der Waals surface area contributed by atoms with Gasteiger partial charge in [-0.25, -0.2) is 0 Å². The molecule has 0 spiro atoms. The van der Waals surface area contributed by atoms with Crippen molar-refractivity contribution in [1.29, 1.82) is 0 Å². The molecule has 0 bridgehead atoms. The molecule has 3 N–H and O–H groups in total. The summed E-state index contributed by atoms with van der Waals surface area (Å²) >= 11 is 0. The van der Waals surface area contributed by atoms with Gasteiger partial charge < -0.3 is 4.42 Å². The van der Waals surface area contributed by atoms with E-state index in [0.717, 1.165) is 35.8 Å². The molecule has 1 aromatic heterocycles. The summed E-state index contributed by atoms with van der Waals surface area (Å²) < 4.78 is 5.57. The monoisotopic (exact) mass is 258 g/mol. The predicted octanol–water partition coefficient (Wildman–Crippen LogP) is 4.07. The van der Waals surface area contributed by atoms with Crippen LogP contribution in [0.3, 0.4) is 0 Å². The molecular weight excluding hydrogens is 236 g/mol. The Kier molecular flexibility index (Phi) is 5.19. The highest BCUT2D eigenvalue weighted by atomic mass is 16.3. The van der Waals surface area contributed by atoms with Crippen LogP contribution in [-0.2, 0) is 0 Å². The average molecular weight is 258 g/mol. The molecule has 0 aliphatic carbocycles. The number of allylic oxidation sites excluding steroid dienone is 1. The predicted molar refractivity (Wildman–Crippen MR) is 79.6 cm³/mol. The number of rotatable bonds is 8. The molecule has 0 aliphatic rings. The molecule has 2 aromatic rings. The summed E-state index contributed by atoms with van der Waals surface area (Å²) in [6.45, 7) is 3.74. The van der Waals surface area contributed by atoms with Crippen molar-refractivity contribution in [2.24, 2.45) is 5.84 Å². The molecule has 102 valence electrons. The van der Waals surface area contributed by atoms with E-state index in [1.165, 1.54) is 12.8 Å². The molecule has 0 aliphatic heterocycles. The number of para-hydroxylation sites is 1. The van der Waals surface area contributed by atoms with Crippen LogP contribution < -0.4 is 11.3 Å². The van der Waals surface area contributed by atoms with Crippen LogP contribution in [0, 0.1) is 0 Å². The van der Waals surface area contributed by atoms with Crippen molar-refractivity contribution in [3.8, 4) is 0 Å². The Morgan fingerprint density at radius 1 is 1.26 bits per heavy atom. The van der Waals surface area contributed by atoms with Crippen LogP contribution in [-0.4, -0.2) is 0 Å². The van der Waals surface area contributed by atoms with Crippen molar-refractivity contribution in [1.82, 2.24) is 5.43 Å². The molecule has 2 rings (SSSR count). The number of fused-ring (bicyclic) bond motifs is 1. The number of benzene rings is 1. The second kappa shape index (κ2) is 7.12. The first-order valence-electron chi connectivity index (χ1n) is 6.90. The molecule has 3 heteroatoms. The highest BCUT2D eigenvalue weighted by Crippen LogP contribution is 2.28. The second-order valence-corrected chi connectivity index (χ2v) is 4.83. The minimum absolute atomic E-state index is 0.160. The van der Waals surface area contributed by atoms with Gasteiger partial charge in [-0.1, -0.05) is 37.1 Å². The van der Waals surface area contributed by atoms with Crippen molar-refractivity contribution in [3.05, 3.63) is 48.7 Å². The van der Waals surface area contributed by atoms with Crippen LogP contribution in [0.25, 0.3) is 11.0 Å². The van der Waals surface area contributed by atoms with E-state index >= 15 is 0 Å². The van der Waals surface area contributed by atoms with Crippen molar-refractivity contribution in [2.75, 3.05) is 0 Å². The van der Waals surface area contributed by atoms with E-state index in [1.54, 1.807) is 0 Å². The van der Waals surface area contributed by atoms with Gasteiger partial charge in [0.05, 0.1) is 6.26 Å². The zero-order chi connectivity index (χ0) is 13.5. The van der Waals surface area contributed by atoms with E-state index in [9.17, 15) is 0 Å². The third-order valence-electron chi connectivity index (χ3n) is 3.49. The number of unbranched alkanes of at least 4 members (excludes halogenated alkanes) is 3. The first-order valence-corrected chi connectivity index (χ1v) is 6.90. The molecule has 1 aromatic carbocycles. The van der Waals surface area contributed by atoms with E-state index in [0.29, 0.717) is 0 Å². The van der Waals surface area contributed by atoms with Crippen molar-refractivity contribution >= 4 is 11.0 Å². The molecule has 1 heterocycles. The number of nitrogens with two attached hydrogens (primary N) is 1. The molecule has 0 amide bonds. The maximum atomic E-state index is 5.69. The molecule has 0 saturated carbocycles. The smallest absolute Gasteiger partial charge is 0.134 e. The summed E-state index contributed by atoms with van der Waals surface area (Å²) in [7, 11) is 0. The third kappa shape index (κ3) is 3.46. The summed E-state index contributed by atoms with van der Waals surface area (Å²) in [6.07, 6.45) is 9.48. The Balaban J connectivity index is 1.99. The van der Waals surface area contributed by atoms with E-state index in [2.05, 4.69) is 18.1 Å². The van der Waals surface area contributed by atoms with E-state index in [1.807, 2.05) is 30.5 Å². The van der Waals surface area contributed by atoms with Gasteiger partial charge >= 0.3 is 0 Å². The van der Waals surface area contributed by atoms with Crippen molar-refractivity contribution in [2.45, 2.75) is 38.1 Å². The lowest BCUT2D eigenvalue weighted by Gasteiger charge is -2.14. The quantitative estimate of drug-likeness (QED) is 0.325. The largest absolute Gasteiger partial charge is 0.464 e. The topological polar surface area (TPSA) is 51.2 Å². The zero-order valence-electron chi connectivity index (χ0n) is 11.3. The molecule has 0 radical (unpaired) electrons. The maximum absolute atomic E-state index is 5.69.